The summed E-state index contributed by atoms with van der Waals surface area (Å²) in [4.78, 5) is 2.41. The minimum atomic E-state index is 0.307. The third kappa shape index (κ3) is 1.75. The monoisotopic (exact) mass is 190 g/mol. The number of hydrogen-bond donors (Lipinski definition) is 1. The van der Waals surface area contributed by atoms with E-state index in [1.54, 1.807) is 0 Å². The van der Waals surface area contributed by atoms with Gasteiger partial charge < -0.3 is 10.6 Å². The molecule has 1 aromatic carbocycles. The summed E-state index contributed by atoms with van der Waals surface area (Å²) in [7, 11) is 0. The molecule has 1 heterocycles. The minimum absolute atomic E-state index is 0.307. The second kappa shape index (κ2) is 4.01. The van der Waals surface area contributed by atoms with Gasteiger partial charge in [0, 0.05) is 24.8 Å². The Morgan fingerprint density at radius 1 is 1.43 bits per heavy atom. The third-order valence-electron chi connectivity index (χ3n) is 2.96. The first kappa shape index (κ1) is 9.53. The van der Waals surface area contributed by atoms with Gasteiger partial charge in [-0.2, -0.15) is 0 Å². The van der Waals surface area contributed by atoms with Gasteiger partial charge in [0.25, 0.3) is 0 Å². The van der Waals surface area contributed by atoms with Gasteiger partial charge in [-0.1, -0.05) is 25.1 Å². The van der Waals surface area contributed by atoms with Crippen LogP contribution in [0.2, 0.25) is 0 Å². The molecule has 0 fully saturated rings. The zero-order valence-corrected chi connectivity index (χ0v) is 8.74. The fraction of sp³-hybridized carbons (Fsp3) is 0.500. The Morgan fingerprint density at radius 3 is 3.00 bits per heavy atom. The zero-order valence-electron chi connectivity index (χ0n) is 8.74. The van der Waals surface area contributed by atoms with E-state index in [9.17, 15) is 0 Å². The van der Waals surface area contributed by atoms with Crippen LogP contribution in [0.15, 0.2) is 24.3 Å². The number of benzene rings is 1. The van der Waals surface area contributed by atoms with Gasteiger partial charge in [-0.3, -0.25) is 0 Å². The Kier molecular flexibility index (Phi) is 2.73. The number of nitrogens with zero attached hydrogens (tertiary/aromatic N) is 1. The molecule has 2 heteroatoms. The van der Waals surface area contributed by atoms with E-state index in [0.29, 0.717) is 6.04 Å². The first-order chi connectivity index (χ1) is 6.81. The lowest BCUT2D eigenvalue weighted by Crippen LogP contribution is -2.36. The Balaban J connectivity index is 2.10. The second-order valence-electron chi connectivity index (χ2n) is 3.99. The van der Waals surface area contributed by atoms with Gasteiger partial charge in [0.2, 0.25) is 0 Å². The highest BCUT2D eigenvalue weighted by Gasteiger charge is 2.19. The van der Waals surface area contributed by atoms with Crippen LogP contribution in [-0.2, 0) is 6.42 Å². The topological polar surface area (TPSA) is 29.3 Å². The number of fused-ring (bicyclic) bond motifs is 1. The first-order valence-electron chi connectivity index (χ1n) is 5.39. The van der Waals surface area contributed by atoms with Crippen LogP contribution < -0.4 is 10.6 Å². The van der Waals surface area contributed by atoms with E-state index in [-0.39, 0.29) is 0 Å². The summed E-state index contributed by atoms with van der Waals surface area (Å²) in [6, 6.07) is 8.94. The molecular weight excluding hydrogens is 172 g/mol. The maximum atomic E-state index is 5.97. The molecule has 14 heavy (non-hydrogen) atoms. The summed E-state index contributed by atoms with van der Waals surface area (Å²) >= 11 is 0. The number of para-hydroxylation sites is 1. The third-order valence-corrected chi connectivity index (χ3v) is 2.96. The summed E-state index contributed by atoms with van der Waals surface area (Å²) in [5.74, 6) is 0. The fourth-order valence-electron chi connectivity index (χ4n) is 2.01. The molecule has 1 aliphatic rings. The van der Waals surface area contributed by atoms with Crippen LogP contribution in [0, 0.1) is 0 Å². The first-order valence-corrected chi connectivity index (χ1v) is 5.39. The van der Waals surface area contributed by atoms with E-state index < -0.39 is 0 Å². The van der Waals surface area contributed by atoms with Gasteiger partial charge >= 0.3 is 0 Å². The molecule has 2 nitrogen and oxygen atoms in total. The van der Waals surface area contributed by atoms with Crippen LogP contribution in [-0.4, -0.2) is 19.1 Å². The number of hydrogen-bond acceptors (Lipinski definition) is 2. The molecule has 0 amide bonds. The highest BCUT2D eigenvalue weighted by atomic mass is 15.2. The summed E-state index contributed by atoms with van der Waals surface area (Å²) in [6.07, 6.45) is 2.23. The zero-order chi connectivity index (χ0) is 9.97. The second-order valence-corrected chi connectivity index (χ2v) is 3.99. The molecule has 0 bridgehead atoms. The van der Waals surface area contributed by atoms with E-state index in [1.807, 2.05) is 0 Å². The van der Waals surface area contributed by atoms with Crippen molar-refractivity contribution < 1.29 is 0 Å². The van der Waals surface area contributed by atoms with Crippen molar-refractivity contribution in [3.8, 4) is 0 Å². The predicted octanol–water partition coefficient (Wildman–Crippen LogP) is 1.79. The Hall–Kier alpha value is -1.02. The molecule has 76 valence electrons. The summed E-state index contributed by atoms with van der Waals surface area (Å²) in [6.45, 7) is 4.27. The van der Waals surface area contributed by atoms with Crippen molar-refractivity contribution in [3.05, 3.63) is 29.8 Å². The number of rotatable bonds is 3. The normalized spacial score (nSPS) is 16.9. The molecule has 0 aliphatic carbocycles. The maximum Gasteiger partial charge on any atom is 0.0400 e. The van der Waals surface area contributed by atoms with Gasteiger partial charge in [-0.25, -0.2) is 0 Å². The Labute approximate surface area is 85.7 Å². The average molecular weight is 190 g/mol. The predicted molar refractivity (Wildman–Crippen MR) is 60.6 cm³/mol. The molecule has 0 radical (unpaired) electrons. The van der Waals surface area contributed by atoms with E-state index in [2.05, 4.69) is 36.1 Å². The molecule has 2 N–H and O–H groups in total. The van der Waals surface area contributed by atoms with E-state index in [4.69, 9.17) is 5.73 Å². The molecule has 1 aromatic rings. The molecule has 0 saturated carbocycles. The Bertz CT molecular complexity index is 309. The molecule has 1 unspecified atom stereocenters. The highest BCUT2D eigenvalue weighted by molar-refractivity contribution is 5.57. The van der Waals surface area contributed by atoms with Gasteiger partial charge in [-0.15, -0.1) is 0 Å². The van der Waals surface area contributed by atoms with E-state index in [1.165, 1.54) is 17.7 Å². The van der Waals surface area contributed by atoms with Crippen molar-refractivity contribution in [2.45, 2.75) is 25.8 Å². The average Bonchev–Trinajstić information content (AvgIpc) is 2.62. The molecule has 0 spiro atoms. The van der Waals surface area contributed by atoms with Crippen LogP contribution in [0.25, 0.3) is 0 Å². The molecular formula is C12H18N2. The highest BCUT2D eigenvalue weighted by Crippen LogP contribution is 2.27. The lowest BCUT2D eigenvalue weighted by molar-refractivity contribution is 0.625. The van der Waals surface area contributed by atoms with Crippen LogP contribution in [0.4, 0.5) is 5.69 Å². The minimum Gasteiger partial charge on any atom is -0.369 e. The van der Waals surface area contributed by atoms with Gasteiger partial charge in [0.05, 0.1) is 0 Å². The smallest absolute Gasteiger partial charge is 0.0400 e. The maximum absolute atomic E-state index is 5.97. The lowest BCUT2D eigenvalue weighted by atomic mass is 10.2. The SMILES string of the molecule is CCC(N)CN1CCc2ccccc21. The van der Waals surface area contributed by atoms with Crippen molar-refractivity contribution in [2.75, 3.05) is 18.0 Å². The summed E-state index contributed by atoms with van der Waals surface area (Å²) < 4.78 is 0. The molecule has 0 aromatic heterocycles. The quantitative estimate of drug-likeness (QED) is 0.787. The van der Waals surface area contributed by atoms with Crippen molar-refractivity contribution in [1.29, 1.82) is 0 Å². The van der Waals surface area contributed by atoms with Crippen LogP contribution in [0.3, 0.4) is 0 Å². The van der Waals surface area contributed by atoms with Crippen molar-refractivity contribution in [1.82, 2.24) is 0 Å². The number of anilines is 1. The number of nitrogens with two attached hydrogens (primary N) is 1. The van der Waals surface area contributed by atoms with Crippen LogP contribution in [0.5, 0.6) is 0 Å². The Morgan fingerprint density at radius 2 is 2.21 bits per heavy atom. The van der Waals surface area contributed by atoms with Gasteiger partial charge in [0.1, 0.15) is 0 Å². The van der Waals surface area contributed by atoms with Crippen LogP contribution >= 0.6 is 0 Å². The van der Waals surface area contributed by atoms with E-state index >= 15 is 0 Å². The lowest BCUT2D eigenvalue weighted by Gasteiger charge is -2.22. The molecule has 0 saturated heterocycles. The molecule has 2 rings (SSSR count). The summed E-state index contributed by atoms with van der Waals surface area (Å²) in [5, 5.41) is 0. The fourth-order valence-corrected chi connectivity index (χ4v) is 2.01. The summed E-state index contributed by atoms with van der Waals surface area (Å²) in [5.41, 5.74) is 8.82. The van der Waals surface area contributed by atoms with Gasteiger partial charge in [-0.05, 0) is 24.5 Å². The molecule has 1 atom stereocenters. The van der Waals surface area contributed by atoms with Crippen molar-refractivity contribution >= 4 is 5.69 Å². The van der Waals surface area contributed by atoms with Crippen molar-refractivity contribution in [2.24, 2.45) is 5.73 Å². The van der Waals surface area contributed by atoms with Crippen LogP contribution in [0.1, 0.15) is 18.9 Å². The van der Waals surface area contributed by atoms with E-state index in [0.717, 1.165) is 19.5 Å². The van der Waals surface area contributed by atoms with Crippen molar-refractivity contribution in [3.63, 3.8) is 0 Å². The molecule has 1 aliphatic heterocycles. The standard InChI is InChI=1S/C12H18N2/c1-2-11(13)9-14-8-7-10-5-3-4-6-12(10)14/h3-6,11H,2,7-9,13H2,1H3. The van der Waals surface area contributed by atoms with Gasteiger partial charge in [0.15, 0.2) is 0 Å². The largest absolute Gasteiger partial charge is 0.369 e.